The lowest BCUT2D eigenvalue weighted by atomic mass is 10.0. The third-order valence-electron chi connectivity index (χ3n) is 3.28. The third-order valence-corrected chi connectivity index (χ3v) is 3.28. The molecule has 0 aliphatic rings. The first kappa shape index (κ1) is 13.8. The molecular weight excluding hydrogens is 278 g/mol. The molecule has 0 radical (unpaired) electrons. The summed E-state index contributed by atoms with van der Waals surface area (Å²) < 4.78 is 0. The van der Waals surface area contributed by atoms with Crippen molar-refractivity contribution >= 4 is 28.1 Å². The zero-order chi connectivity index (χ0) is 15.5. The van der Waals surface area contributed by atoms with E-state index in [1.165, 1.54) is 0 Å². The first-order chi connectivity index (χ1) is 10.7. The molecule has 0 aliphatic heterocycles. The van der Waals surface area contributed by atoms with Gasteiger partial charge in [-0.05, 0) is 23.6 Å². The molecule has 0 aromatic heterocycles. The highest BCUT2D eigenvalue weighted by molar-refractivity contribution is 6.06. The molecule has 0 heterocycles. The molecular formula is C17H13N3O2. The van der Waals surface area contributed by atoms with Crippen molar-refractivity contribution in [1.29, 1.82) is 0 Å². The molecule has 5 nitrogen and oxygen atoms in total. The molecule has 5 heteroatoms. The van der Waals surface area contributed by atoms with Crippen molar-refractivity contribution in [3.63, 3.8) is 0 Å². The number of rotatable bonds is 3. The van der Waals surface area contributed by atoms with E-state index in [1.807, 2.05) is 36.4 Å². The fourth-order valence-electron chi connectivity index (χ4n) is 2.21. The number of nitrogens with zero attached hydrogens (tertiary/aromatic N) is 2. The van der Waals surface area contributed by atoms with E-state index in [4.69, 9.17) is 5.73 Å². The second-order valence-corrected chi connectivity index (χ2v) is 4.74. The minimum Gasteiger partial charge on any atom is -0.505 e. The van der Waals surface area contributed by atoms with E-state index in [0.29, 0.717) is 11.1 Å². The van der Waals surface area contributed by atoms with Gasteiger partial charge in [-0.1, -0.05) is 42.5 Å². The van der Waals surface area contributed by atoms with Crippen LogP contribution >= 0.6 is 0 Å². The molecule has 3 aromatic carbocycles. The van der Waals surface area contributed by atoms with Crippen molar-refractivity contribution in [3.05, 3.63) is 66.2 Å². The molecule has 0 atom stereocenters. The molecule has 0 unspecified atom stereocenters. The maximum absolute atomic E-state index is 11.5. The summed E-state index contributed by atoms with van der Waals surface area (Å²) in [5.41, 5.74) is 6.22. The Kier molecular flexibility index (Phi) is 3.53. The lowest BCUT2D eigenvalue weighted by Gasteiger charge is -2.08. The zero-order valence-electron chi connectivity index (χ0n) is 11.6. The fraction of sp³-hybridized carbons (Fsp3) is 0. The normalized spacial score (nSPS) is 11.1. The van der Waals surface area contributed by atoms with Crippen molar-refractivity contribution in [2.45, 2.75) is 0 Å². The van der Waals surface area contributed by atoms with E-state index in [9.17, 15) is 9.90 Å². The Bertz CT molecular complexity index is 874. The van der Waals surface area contributed by atoms with Crippen LogP contribution in [0.5, 0.6) is 5.75 Å². The topological polar surface area (TPSA) is 88.0 Å². The van der Waals surface area contributed by atoms with E-state index in [0.717, 1.165) is 5.39 Å². The SMILES string of the molecule is NC(=O)c1cc2ccccc2c(N=Nc2ccccc2)c1O. The minimum atomic E-state index is -0.709. The van der Waals surface area contributed by atoms with Gasteiger partial charge in [0.05, 0.1) is 11.3 Å². The van der Waals surface area contributed by atoms with E-state index in [2.05, 4.69) is 10.2 Å². The van der Waals surface area contributed by atoms with Crippen LogP contribution in [0, 0.1) is 0 Å². The molecule has 1 amide bonds. The Labute approximate surface area is 126 Å². The van der Waals surface area contributed by atoms with Gasteiger partial charge in [0.25, 0.3) is 5.91 Å². The van der Waals surface area contributed by atoms with Gasteiger partial charge in [-0.3, -0.25) is 4.79 Å². The van der Waals surface area contributed by atoms with E-state index in [-0.39, 0.29) is 17.0 Å². The lowest BCUT2D eigenvalue weighted by molar-refractivity contribution is 0.0998. The number of nitrogens with two attached hydrogens (primary N) is 1. The maximum Gasteiger partial charge on any atom is 0.252 e. The predicted molar refractivity (Wildman–Crippen MR) is 84.7 cm³/mol. The van der Waals surface area contributed by atoms with Crippen molar-refractivity contribution < 1.29 is 9.90 Å². The Morgan fingerprint density at radius 1 is 0.955 bits per heavy atom. The number of aromatic hydroxyl groups is 1. The van der Waals surface area contributed by atoms with Crippen molar-refractivity contribution in [3.8, 4) is 5.75 Å². The largest absolute Gasteiger partial charge is 0.505 e. The number of benzene rings is 3. The van der Waals surface area contributed by atoms with E-state index < -0.39 is 5.91 Å². The van der Waals surface area contributed by atoms with Crippen molar-refractivity contribution in [1.82, 2.24) is 0 Å². The molecule has 3 N–H and O–H groups in total. The number of primary amides is 1. The van der Waals surface area contributed by atoms with Crippen LogP contribution in [-0.4, -0.2) is 11.0 Å². The van der Waals surface area contributed by atoms with Crippen LogP contribution in [-0.2, 0) is 0 Å². The molecule has 108 valence electrons. The van der Waals surface area contributed by atoms with Crippen molar-refractivity contribution in [2.75, 3.05) is 0 Å². The summed E-state index contributed by atoms with van der Waals surface area (Å²) in [6.07, 6.45) is 0. The summed E-state index contributed by atoms with van der Waals surface area (Å²) in [5, 5.41) is 20.0. The summed E-state index contributed by atoms with van der Waals surface area (Å²) in [6.45, 7) is 0. The van der Waals surface area contributed by atoms with Gasteiger partial charge in [-0.15, -0.1) is 5.11 Å². The monoisotopic (exact) mass is 291 g/mol. The fourth-order valence-corrected chi connectivity index (χ4v) is 2.21. The van der Waals surface area contributed by atoms with Gasteiger partial charge in [-0.2, -0.15) is 5.11 Å². The van der Waals surface area contributed by atoms with Crippen LogP contribution < -0.4 is 5.73 Å². The average Bonchev–Trinajstić information content (AvgIpc) is 2.54. The number of hydrogen-bond acceptors (Lipinski definition) is 4. The molecule has 3 rings (SSSR count). The Balaban J connectivity index is 2.20. The van der Waals surface area contributed by atoms with Gasteiger partial charge in [-0.25, -0.2) is 0 Å². The number of carbonyl (C=O) groups excluding carboxylic acids is 1. The summed E-state index contributed by atoms with van der Waals surface area (Å²) in [6, 6.07) is 18.0. The molecule has 3 aromatic rings. The highest BCUT2D eigenvalue weighted by Gasteiger charge is 2.15. The maximum atomic E-state index is 11.5. The average molecular weight is 291 g/mol. The second-order valence-electron chi connectivity index (χ2n) is 4.74. The minimum absolute atomic E-state index is 0.0284. The third kappa shape index (κ3) is 2.52. The van der Waals surface area contributed by atoms with Crippen LogP contribution in [0.15, 0.2) is 70.9 Å². The van der Waals surface area contributed by atoms with Crippen LogP contribution in [0.4, 0.5) is 11.4 Å². The molecule has 0 aliphatic carbocycles. The standard InChI is InChI=1S/C17H13N3O2/c18-17(22)14-10-11-6-4-5-9-13(11)15(16(14)21)20-19-12-7-2-1-3-8-12/h1-10,21H,(H2,18,22). The predicted octanol–water partition coefficient (Wildman–Crippen LogP) is 4.06. The first-order valence-electron chi connectivity index (χ1n) is 6.68. The Morgan fingerprint density at radius 3 is 2.36 bits per heavy atom. The van der Waals surface area contributed by atoms with Gasteiger partial charge in [0.15, 0.2) is 5.75 Å². The molecule has 0 bridgehead atoms. The summed E-state index contributed by atoms with van der Waals surface area (Å²) in [7, 11) is 0. The quantitative estimate of drug-likeness (QED) is 0.713. The lowest BCUT2D eigenvalue weighted by Crippen LogP contribution is -2.11. The number of phenols is 1. The highest BCUT2D eigenvalue weighted by atomic mass is 16.3. The van der Waals surface area contributed by atoms with Gasteiger partial charge >= 0.3 is 0 Å². The van der Waals surface area contributed by atoms with Gasteiger partial charge in [0.2, 0.25) is 0 Å². The van der Waals surface area contributed by atoms with Crippen LogP contribution in [0.1, 0.15) is 10.4 Å². The number of amides is 1. The Hall–Kier alpha value is -3.21. The van der Waals surface area contributed by atoms with E-state index in [1.54, 1.807) is 24.3 Å². The van der Waals surface area contributed by atoms with Crippen LogP contribution in [0.25, 0.3) is 10.8 Å². The van der Waals surface area contributed by atoms with Gasteiger partial charge < -0.3 is 10.8 Å². The number of fused-ring (bicyclic) bond motifs is 1. The number of hydrogen-bond donors (Lipinski definition) is 2. The smallest absolute Gasteiger partial charge is 0.252 e. The second kappa shape index (κ2) is 5.65. The summed E-state index contributed by atoms with van der Waals surface area (Å²) in [5.74, 6) is -0.967. The molecule has 0 spiro atoms. The Morgan fingerprint density at radius 2 is 1.64 bits per heavy atom. The van der Waals surface area contributed by atoms with Gasteiger partial charge in [0.1, 0.15) is 5.69 Å². The molecule has 0 saturated heterocycles. The molecule has 0 fully saturated rings. The zero-order valence-corrected chi connectivity index (χ0v) is 11.6. The first-order valence-corrected chi connectivity index (χ1v) is 6.68. The van der Waals surface area contributed by atoms with Gasteiger partial charge in [0, 0.05) is 5.39 Å². The van der Waals surface area contributed by atoms with Crippen LogP contribution in [0.2, 0.25) is 0 Å². The molecule has 0 saturated carbocycles. The highest BCUT2D eigenvalue weighted by Crippen LogP contribution is 2.39. The number of carbonyl (C=O) groups is 1. The van der Waals surface area contributed by atoms with E-state index >= 15 is 0 Å². The summed E-state index contributed by atoms with van der Waals surface area (Å²) in [4.78, 5) is 11.5. The molecule has 22 heavy (non-hydrogen) atoms. The summed E-state index contributed by atoms with van der Waals surface area (Å²) >= 11 is 0. The van der Waals surface area contributed by atoms with Crippen LogP contribution in [0.3, 0.4) is 0 Å². The van der Waals surface area contributed by atoms with Crippen molar-refractivity contribution in [2.24, 2.45) is 16.0 Å². The number of azo groups is 1.